The Bertz CT molecular complexity index is 76.0. The van der Waals surface area contributed by atoms with Crippen molar-refractivity contribution < 1.29 is 35.7 Å². The second-order valence-corrected chi connectivity index (χ2v) is 1.62. The number of nitrogens with one attached hydrogen (secondary N) is 1. The summed E-state index contributed by atoms with van der Waals surface area (Å²) in [5.74, 6) is 0. The molecule has 0 aromatic carbocycles. The molecule has 0 aliphatic rings. The summed E-state index contributed by atoms with van der Waals surface area (Å²) in [4.78, 5) is 0. The van der Waals surface area contributed by atoms with Crippen LogP contribution in [-0.2, 0) is 4.74 Å². The summed E-state index contributed by atoms with van der Waals surface area (Å²) in [6.07, 6.45) is 0. The van der Waals surface area contributed by atoms with Gasteiger partial charge in [-0.3, -0.25) is 0 Å². The van der Waals surface area contributed by atoms with E-state index in [0.29, 0.717) is 11.8 Å². The van der Waals surface area contributed by atoms with E-state index >= 15 is 0 Å². The zero-order valence-corrected chi connectivity index (χ0v) is 9.05. The van der Waals surface area contributed by atoms with Crippen LogP contribution >= 0.6 is 12.2 Å². The average Bonchev–Trinajstić information content (AvgIpc) is 1.68. The van der Waals surface area contributed by atoms with Gasteiger partial charge in [0, 0.05) is 6.54 Å². The third kappa shape index (κ3) is 8.69. The molecule has 0 saturated heterocycles. The van der Waals surface area contributed by atoms with E-state index in [0.717, 1.165) is 6.54 Å². The monoisotopic (exact) mass is 157 g/mol. The Kier molecular flexibility index (Phi) is 11.9. The van der Waals surface area contributed by atoms with Crippen LogP contribution in [0, 0.1) is 0 Å². The molecule has 0 unspecified atom stereocenters. The zero-order chi connectivity index (χ0) is 6.41. The summed E-state index contributed by atoms with van der Waals surface area (Å²) in [7, 11) is 0. The smallest absolute Gasteiger partial charge is 1.00 e. The molecule has 0 saturated carbocycles. The van der Waals surface area contributed by atoms with E-state index in [1.54, 1.807) is 0 Å². The molecule has 50 valence electrons. The van der Waals surface area contributed by atoms with Crippen LogP contribution in [0.3, 0.4) is 0 Å². The summed E-state index contributed by atoms with van der Waals surface area (Å²) < 4.78 is 4.90. The Balaban J connectivity index is -0.000000245. The van der Waals surface area contributed by atoms with Crippen molar-refractivity contribution in [3.63, 3.8) is 0 Å². The van der Waals surface area contributed by atoms with Crippen molar-refractivity contribution in [1.29, 1.82) is 0 Å². The van der Waals surface area contributed by atoms with E-state index in [9.17, 15) is 0 Å². The van der Waals surface area contributed by atoms with Crippen molar-refractivity contribution in [2.45, 2.75) is 13.8 Å². The van der Waals surface area contributed by atoms with E-state index in [4.69, 9.17) is 17.0 Å². The third-order valence-corrected chi connectivity index (χ3v) is 0.859. The number of rotatable bonds is 2. The molecular weight excluding hydrogens is 145 g/mol. The summed E-state index contributed by atoms with van der Waals surface area (Å²) in [5.41, 5.74) is 0. The molecule has 0 spiro atoms. The number of thiocarbonyl (C=S) groups is 1. The van der Waals surface area contributed by atoms with Crippen molar-refractivity contribution in [3.8, 4) is 0 Å². The minimum atomic E-state index is 0. The fourth-order valence-electron chi connectivity index (χ4n) is 0.326. The maximum absolute atomic E-state index is 4.90. The first-order chi connectivity index (χ1) is 3.81. The number of hydrogen-bond acceptors (Lipinski definition) is 2. The van der Waals surface area contributed by atoms with Crippen LogP contribution in [0.1, 0.15) is 15.3 Å². The third-order valence-electron chi connectivity index (χ3n) is 0.597. The van der Waals surface area contributed by atoms with E-state index in [2.05, 4.69) is 5.32 Å². The molecule has 0 aliphatic heterocycles. The SMILES string of the molecule is CCNC(=S)OCC.[H-].[Na+]. The Morgan fingerprint density at radius 1 is 1.67 bits per heavy atom. The van der Waals surface area contributed by atoms with Gasteiger partial charge in [-0.15, -0.1) is 0 Å². The van der Waals surface area contributed by atoms with Gasteiger partial charge in [0.05, 0.1) is 6.61 Å². The Morgan fingerprint density at radius 3 is 2.56 bits per heavy atom. The second-order valence-electron chi connectivity index (χ2n) is 1.25. The summed E-state index contributed by atoms with van der Waals surface area (Å²) in [6, 6.07) is 0. The first kappa shape index (κ1) is 12.4. The van der Waals surface area contributed by atoms with Gasteiger partial charge in [0.1, 0.15) is 0 Å². The molecule has 0 aliphatic carbocycles. The fraction of sp³-hybridized carbons (Fsp3) is 0.800. The van der Waals surface area contributed by atoms with Crippen LogP contribution < -0.4 is 34.9 Å². The van der Waals surface area contributed by atoms with E-state index in [1.807, 2.05) is 13.8 Å². The van der Waals surface area contributed by atoms with Gasteiger partial charge in [0.15, 0.2) is 0 Å². The molecule has 0 fully saturated rings. The van der Waals surface area contributed by atoms with Crippen molar-refractivity contribution in [3.05, 3.63) is 0 Å². The molecule has 1 N–H and O–H groups in total. The molecule has 2 nitrogen and oxygen atoms in total. The summed E-state index contributed by atoms with van der Waals surface area (Å²) in [6.45, 7) is 5.36. The van der Waals surface area contributed by atoms with Crippen molar-refractivity contribution in [1.82, 2.24) is 5.32 Å². The predicted molar refractivity (Wildman–Crippen MR) is 39.0 cm³/mol. The molecule has 0 heterocycles. The first-order valence-corrected chi connectivity index (χ1v) is 3.12. The zero-order valence-electron chi connectivity index (χ0n) is 7.23. The topological polar surface area (TPSA) is 21.3 Å². The quantitative estimate of drug-likeness (QED) is 0.371. The average molecular weight is 157 g/mol. The van der Waals surface area contributed by atoms with Gasteiger partial charge in [-0.2, -0.15) is 0 Å². The fourth-order valence-corrected chi connectivity index (χ4v) is 0.589. The normalized spacial score (nSPS) is 7.33. The van der Waals surface area contributed by atoms with Gasteiger partial charge >= 0.3 is 29.6 Å². The predicted octanol–water partition coefficient (Wildman–Crippen LogP) is -1.97. The van der Waals surface area contributed by atoms with Crippen LogP contribution in [0.4, 0.5) is 0 Å². The van der Waals surface area contributed by atoms with Crippen LogP contribution in [0.5, 0.6) is 0 Å². The van der Waals surface area contributed by atoms with E-state index in [1.165, 1.54) is 0 Å². The van der Waals surface area contributed by atoms with Crippen LogP contribution in [0.15, 0.2) is 0 Å². The summed E-state index contributed by atoms with van der Waals surface area (Å²) >= 11 is 4.72. The Hall–Kier alpha value is 0.690. The summed E-state index contributed by atoms with van der Waals surface area (Å²) in [5, 5.41) is 3.35. The van der Waals surface area contributed by atoms with Crippen LogP contribution in [0.25, 0.3) is 0 Å². The van der Waals surface area contributed by atoms with Gasteiger partial charge in [-0.05, 0) is 26.1 Å². The molecule has 0 bridgehead atoms. The van der Waals surface area contributed by atoms with Crippen LogP contribution in [0.2, 0.25) is 0 Å². The standard InChI is InChI=1S/C5H11NOS.Na.H/c1-3-6-5(8)7-4-2;;/h3-4H2,1-2H3,(H,6,8);;/q;+1;-1. The number of hydrogen-bond donors (Lipinski definition) is 1. The van der Waals surface area contributed by atoms with Crippen molar-refractivity contribution >= 4 is 17.4 Å². The Labute approximate surface area is 85.1 Å². The van der Waals surface area contributed by atoms with E-state index < -0.39 is 0 Å². The molecule has 0 rings (SSSR count). The van der Waals surface area contributed by atoms with Gasteiger partial charge < -0.3 is 11.5 Å². The van der Waals surface area contributed by atoms with Crippen molar-refractivity contribution in [2.75, 3.05) is 13.2 Å². The molecule has 0 atom stereocenters. The van der Waals surface area contributed by atoms with Gasteiger partial charge in [0.2, 0.25) is 0 Å². The van der Waals surface area contributed by atoms with Gasteiger partial charge in [-0.1, -0.05) is 0 Å². The molecule has 0 amide bonds. The molecule has 0 aromatic rings. The minimum Gasteiger partial charge on any atom is -1.00 e. The maximum Gasteiger partial charge on any atom is 1.00 e. The number of ether oxygens (including phenoxy) is 1. The second kappa shape index (κ2) is 8.69. The molecule has 9 heavy (non-hydrogen) atoms. The molecule has 4 heteroatoms. The Morgan fingerprint density at radius 2 is 2.22 bits per heavy atom. The van der Waals surface area contributed by atoms with Gasteiger partial charge in [0.25, 0.3) is 5.17 Å². The molecule has 0 aromatic heterocycles. The van der Waals surface area contributed by atoms with Crippen molar-refractivity contribution in [2.24, 2.45) is 0 Å². The largest absolute Gasteiger partial charge is 1.00 e. The maximum atomic E-state index is 4.90. The van der Waals surface area contributed by atoms with Gasteiger partial charge in [-0.25, -0.2) is 0 Å². The molecular formula is C5H12NNaOS. The van der Waals surface area contributed by atoms with Crippen LogP contribution in [-0.4, -0.2) is 18.3 Å². The first-order valence-electron chi connectivity index (χ1n) is 2.71. The molecule has 0 radical (unpaired) electrons. The minimum absolute atomic E-state index is 0. The van der Waals surface area contributed by atoms with E-state index in [-0.39, 0.29) is 31.0 Å².